The molecule has 4 heterocycles. The lowest BCUT2D eigenvalue weighted by Crippen LogP contribution is -2.34. The zero-order chi connectivity index (χ0) is 27.0. The number of imidazole rings is 1. The monoisotopic (exact) mass is 519 g/mol. The number of carbonyl (C=O) groups excluding carboxylic acids is 1. The predicted octanol–water partition coefficient (Wildman–Crippen LogP) is 3.88. The van der Waals surface area contributed by atoms with Crippen molar-refractivity contribution >= 4 is 23.2 Å². The molecule has 12 heteroatoms. The Bertz CT molecular complexity index is 1310. The van der Waals surface area contributed by atoms with Gasteiger partial charge in [0.05, 0.1) is 23.4 Å². The van der Waals surface area contributed by atoms with Gasteiger partial charge in [-0.2, -0.15) is 13.2 Å². The average Bonchev–Trinajstić information content (AvgIpc) is 3.24. The van der Waals surface area contributed by atoms with Gasteiger partial charge in [-0.25, -0.2) is 9.97 Å². The first-order chi connectivity index (χ1) is 17.3. The summed E-state index contributed by atoms with van der Waals surface area (Å²) in [6.45, 7) is 5.09. The van der Waals surface area contributed by atoms with E-state index in [-0.39, 0.29) is 18.0 Å². The predicted molar refractivity (Wildman–Crippen MR) is 128 cm³/mol. The van der Waals surface area contributed by atoms with E-state index < -0.39 is 35.0 Å². The van der Waals surface area contributed by atoms with E-state index in [0.29, 0.717) is 17.8 Å². The highest BCUT2D eigenvalue weighted by Crippen LogP contribution is 2.33. The SMILES string of the molecule is CC(C)(O)c1cc2nc(C3CCN(CCC(=O)O)CC3)cn2cc1NC(=O)c1cccc(C(F)(F)F)n1. The van der Waals surface area contributed by atoms with Crippen molar-refractivity contribution in [1.29, 1.82) is 0 Å². The van der Waals surface area contributed by atoms with Crippen LogP contribution < -0.4 is 5.32 Å². The molecule has 0 bridgehead atoms. The normalized spacial score (nSPS) is 15.7. The zero-order valence-corrected chi connectivity index (χ0v) is 20.4. The van der Waals surface area contributed by atoms with Gasteiger partial charge in [-0.15, -0.1) is 0 Å². The minimum absolute atomic E-state index is 0.100. The van der Waals surface area contributed by atoms with Gasteiger partial charge in [0.25, 0.3) is 5.91 Å². The van der Waals surface area contributed by atoms with Crippen LogP contribution in [0.15, 0.2) is 36.7 Å². The van der Waals surface area contributed by atoms with E-state index in [2.05, 4.69) is 15.2 Å². The number of nitrogens with zero attached hydrogens (tertiary/aromatic N) is 4. The van der Waals surface area contributed by atoms with E-state index in [4.69, 9.17) is 10.1 Å². The number of hydrogen-bond acceptors (Lipinski definition) is 6. The van der Waals surface area contributed by atoms with Crippen molar-refractivity contribution in [1.82, 2.24) is 19.3 Å². The number of pyridine rings is 2. The van der Waals surface area contributed by atoms with Crippen molar-refractivity contribution in [3.8, 4) is 0 Å². The number of amides is 1. The Hall–Kier alpha value is -3.51. The molecule has 1 fully saturated rings. The van der Waals surface area contributed by atoms with Crippen LogP contribution in [0, 0.1) is 0 Å². The summed E-state index contributed by atoms with van der Waals surface area (Å²) in [5.41, 5.74) is -1.01. The van der Waals surface area contributed by atoms with Gasteiger partial charge in [-0.3, -0.25) is 9.59 Å². The fourth-order valence-corrected chi connectivity index (χ4v) is 4.47. The molecule has 0 radical (unpaired) electrons. The fourth-order valence-electron chi connectivity index (χ4n) is 4.47. The van der Waals surface area contributed by atoms with Crippen LogP contribution in [0.1, 0.15) is 66.5 Å². The van der Waals surface area contributed by atoms with Crippen molar-refractivity contribution in [3.05, 3.63) is 59.3 Å². The third-order valence-electron chi connectivity index (χ3n) is 6.44. The van der Waals surface area contributed by atoms with Gasteiger partial charge in [0.15, 0.2) is 0 Å². The summed E-state index contributed by atoms with van der Waals surface area (Å²) in [4.78, 5) is 33.9. The van der Waals surface area contributed by atoms with Crippen molar-refractivity contribution in [3.63, 3.8) is 0 Å². The number of rotatable bonds is 7. The van der Waals surface area contributed by atoms with Gasteiger partial charge in [0, 0.05) is 30.4 Å². The van der Waals surface area contributed by atoms with E-state index in [0.717, 1.165) is 43.8 Å². The number of alkyl halides is 3. The first-order valence-electron chi connectivity index (χ1n) is 11.9. The molecular weight excluding hydrogens is 491 g/mol. The maximum Gasteiger partial charge on any atom is 0.433 e. The quantitative estimate of drug-likeness (QED) is 0.433. The summed E-state index contributed by atoms with van der Waals surface area (Å²) in [5.74, 6) is -1.50. The minimum Gasteiger partial charge on any atom is -0.481 e. The molecule has 0 unspecified atom stereocenters. The van der Waals surface area contributed by atoms with Crippen LogP contribution in [-0.2, 0) is 16.6 Å². The number of halogens is 3. The molecule has 0 atom stereocenters. The molecular formula is C25H28F3N5O4. The number of carboxylic acids is 1. The minimum atomic E-state index is -4.69. The van der Waals surface area contributed by atoms with Gasteiger partial charge < -0.3 is 24.8 Å². The highest BCUT2D eigenvalue weighted by molar-refractivity contribution is 6.03. The maximum absolute atomic E-state index is 13.0. The van der Waals surface area contributed by atoms with Crippen LogP contribution in [0.5, 0.6) is 0 Å². The zero-order valence-electron chi connectivity index (χ0n) is 20.4. The van der Waals surface area contributed by atoms with Gasteiger partial charge in [-0.1, -0.05) is 6.07 Å². The number of aliphatic hydroxyl groups is 1. The number of carboxylic acid groups (broad SMARTS) is 1. The lowest BCUT2D eigenvalue weighted by atomic mass is 9.94. The van der Waals surface area contributed by atoms with Gasteiger partial charge in [-0.05, 0) is 58.0 Å². The number of aliphatic carboxylic acids is 1. The van der Waals surface area contributed by atoms with Crippen molar-refractivity contribution < 1.29 is 33.0 Å². The van der Waals surface area contributed by atoms with Crippen LogP contribution in [0.3, 0.4) is 0 Å². The number of carbonyl (C=O) groups is 2. The second-order valence-corrected chi connectivity index (χ2v) is 9.71. The Morgan fingerprint density at radius 1 is 1.14 bits per heavy atom. The molecule has 198 valence electrons. The number of likely N-dealkylation sites (tertiary alicyclic amines) is 1. The topological polar surface area (TPSA) is 120 Å². The van der Waals surface area contributed by atoms with Crippen LogP contribution >= 0.6 is 0 Å². The second kappa shape index (κ2) is 10.1. The molecule has 3 aromatic heterocycles. The molecule has 0 aromatic carbocycles. The molecule has 9 nitrogen and oxygen atoms in total. The Morgan fingerprint density at radius 2 is 1.84 bits per heavy atom. The number of hydrogen-bond donors (Lipinski definition) is 3. The largest absolute Gasteiger partial charge is 0.481 e. The summed E-state index contributed by atoms with van der Waals surface area (Å²) in [6, 6.07) is 4.72. The standard InChI is InChI=1S/C25H28F3N5O4/c1-24(2,37)16-12-21-30-18(15-6-9-32(10-7-15)11-8-22(34)35)13-33(21)14-19(16)31-23(36)17-4-3-5-20(29-17)25(26,27)28/h3-5,12-15,37H,6-11H2,1-2H3,(H,31,36)(H,34,35). The van der Waals surface area contributed by atoms with Crippen molar-refractivity contribution in [2.45, 2.75) is 50.8 Å². The number of aromatic nitrogens is 3. The van der Waals surface area contributed by atoms with Crippen LogP contribution in [0.4, 0.5) is 18.9 Å². The van der Waals surface area contributed by atoms with E-state index in [1.807, 2.05) is 6.20 Å². The third-order valence-corrected chi connectivity index (χ3v) is 6.44. The van der Waals surface area contributed by atoms with Gasteiger partial charge in [0.2, 0.25) is 0 Å². The number of nitrogens with one attached hydrogen (secondary N) is 1. The lowest BCUT2D eigenvalue weighted by molar-refractivity contribution is -0.141. The molecule has 3 aromatic rings. The summed E-state index contributed by atoms with van der Waals surface area (Å²) in [5, 5.41) is 22.2. The summed E-state index contributed by atoms with van der Waals surface area (Å²) in [7, 11) is 0. The molecule has 0 aliphatic carbocycles. The molecule has 4 rings (SSSR count). The molecule has 3 N–H and O–H groups in total. The highest BCUT2D eigenvalue weighted by Gasteiger charge is 2.33. The Morgan fingerprint density at radius 3 is 2.46 bits per heavy atom. The summed E-state index contributed by atoms with van der Waals surface area (Å²) < 4.78 is 40.8. The molecule has 0 saturated carbocycles. The van der Waals surface area contributed by atoms with E-state index in [9.17, 15) is 27.9 Å². The number of anilines is 1. The molecule has 0 spiro atoms. The Balaban J connectivity index is 1.58. The molecule has 1 aliphatic rings. The maximum atomic E-state index is 13.0. The molecule has 1 aliphatic heterocycles. The number of piperidine rings is 1. The number of fused-ring (bicyclic) bond motifs is 1. The van der Waals surface area contributed by atoms with E-state index in [1.165, 1.54) is 19.9 Å². The lowest BCUT2D eigenvalue weighted by Gasteiger charge is -2.30. The van der Waals surface area contributed by atoms with E-state index in [1.54, 1.807) is 16.7 Å². The van der Waals surface area contributed by atoms with Crippen LogP contribution in [-0.4, -0.2) is 61.0 Å². The Kier molecular flexibility index (Phi) is 7.24. The molecule has 1 saturated heterocycles. The van der Waals surface area contributed by atoms with Crippen molar-refractivity contribution in [2.75, 3.05) is 25.0 Å². The summed E-state index contributed by atoms with van der Waals surface area (Å²) in [6.07, 6.45) is 0.446. The van der Waals surface area contributed by atoms with Gasteiger partial charge in [0.1, 0.15) is 17.0 Å². The first kappa shape index (κ1) is 26.6. The fraction of sp³-hybridized carbons (Fsp3) is 0.440. The van der Waals surface area contributed by atoms with Crippen molar-refractivity contribution in [2.24, 2.45) is 0 Å². The van der Waals surface area contributed by atoms with Crippen LogP contribution in [0.2, 0.25) is 0 Å². The van der Waals surface area contributed by atoms with Crippen LogP contribution in [0.25, 0.3) is 5.65 Å². The highest BCUT2D eigenvalue weighted by atomic mass is 19.4. The summed E-state index contributed by atoms with van der Waals surface area (Å²) >= 11 is 0. The first-order valence-corrected chi connectivity index (χ1v) is 11.9. The molecule has 37 heavy (non-hydrogen) atoms. The van der Waals surface area contributed by atoms with Gasteiger partial charge >= 0.3 is 12.1 Å². The average molecular weight is 520 g/mol. The van der Waals surface area contributed by atoms with E-state index >= 15 is 0 Å². The second-order valence-electron chi connectivity index (χ2n) is 9.71. The smallest absolute Gasteiger partial charge is 0.433 e. The third kappa shape index (κ3) is 6.25. The molecule has 1 amide bonds. The Labute approximate surface area is 211 Å².